The summed E-state index contributed by atoms with van der Waals surface area (Å²) in [6.45, 7) is 1.14. The van der Waals surface area contributed by atoms with Gasteiger partial charge in [-0.05, 0) is 41.3 Å². The fourth-order valence-electron chi connectivity index (χ4n) is 3.61. The van der Waals surface area contributed by atoms with Crippen LogP contribution < -0.4 is 0 Å². The summed E-state index contributed by atoms with van der Waals surface area (Å²) in [5.41, 5.74) is 2.92. The fourth-order valence-corrected chi connectivity index (χ4v) is 3.73. The molecule has 0 bridgehead atoms. The van der Waals surface area contributed by atoms with Gasteiger partial charge in [0.25, 0.3) is 5.89 Å². The smallest absolute Gasteiger partial charge is 0.258 e. The van der Waals surface area contributed by atoms with Crippen LogP contribution in [0.2, 0.25) is 5.02 Å². The summed E-state index contributed by atoms with van der Waals surface area (Å²) in [5.74, 6) is 1.08. The molecule has 0 saturated carbocycles. The predicted octanol–water partition coefficient (Wildman–Crippen LogP) is 4.39. The van der Waals surface area contributed by atoms with Crippen LogP contribution in [0.5, 0.6) is 0 Å². The maximum atomic E-state index is 12.4. The number of amides is 1. The average Bonchev–Trinajstić information content (AvgIpc) is 3.43. The molecule has 4 aromatic rings. The lowest BCUT2D eigenvalue weighted by molar-refractivity contribution is -0.128. The zero-order valence-corrected chi connectivity index (χ0v) is 15.7. The van der Waals surface area contributed by atoms with Gasteiger partial charge in [0.1, 0.15) is 0 Å². The van der Waals surface area contributed by atoms with Gasteiger partial charge in [0, 0.05) is 47.7 Å². The summed E-state index contributed by atoms with van der Waals surface area (Å²) < 4.78 is 5.47. The van der Waals surface area contributed by atoms with Gasteiger partial charge in [-0.25, -0.2) is 0 Å². The molecule has 1 aliphatic heterocycles. The monoisotopic (exact) mass is 392 g/mol. The van der Waals surface area contributed by atoms with Crippen LogP contribution in [-0.4, -0.2) is 32.5 Å². The molecule has 140 valence electrons. The number of carbonyl (C=O) groups is 1. The summed E-state index contributed by atoms with van der Waals surface area (Å²) >= 11 is 5.93. The average molecular weight is 393 g/mol. The van der Waals surface area contributed by atoms with Gasteiger partial charge >= 0.3 is 0 Å². The minimum absolute atomic E-state index is 0.0634. The van der Waals surface area contributed by atoms with E-state index in [1.165, 1.54) is 0 Å². The number of nitrogens with zero attached hydrogens (tertiary/aromatic N) is 3. The number of H-pyrrole nitrogens is 1. The van der Waals surface area contributed by atoms with Gasteiger partial charge in [-0.1, -0.05) is 35.0 Å². The van der Waals surface area contributed by atoms with Crippen LogP contribution in [0.15, 0.2) is 59.3 Å². The Morgan fingerprint density at radius 2 is 2.04 bits per heavy atom. The molecule has 1 unspecified atom stereocenters. The van der Waals surface area contributed by atoms with Crippen LogP contribution in [0.4, 0.5) is 0 Å². The molecule has 28 heavy (non-hydrogen) atoms. The molecular weight excluding hydrogens is 376 g/mol. The van der Waals surface area contributed by atoms with Gasteiger partial charge in [-0.15, -0.1) is 0 Å². The Morgan fingerprint density at radius 3 is 2.89 bits per heavy atom. The molecule has 7 heteroatoms. The molecule has 1 aliphatic rings. The van der Waals surface area contributed by atoms with E-state index in [2.05, 4.69) is 15.1 Å². The first kappa shape index (κ1) is 17.0. The Hall–Kier alpha value is -3.12. The first-order chi connectivity index (χ1) is 13.7. The van der Waals surface area contributed by atoms with E-state index in [1.54, 1.807) is 0 Å². The van der Waals surface area contributed by atoms with E-state index in [-0.39, 0.29) is 11.8 Å². The van der Waals surface area contributed by atoms with E-state index in [4.69, 9.17) is 16.1 Å². The molecule has 2 aromatic carbocycles. The van der Waals surface area contributed by atoms with Gasteiger partial charge in [0.2, 0.25) is 5.91 Å². The van der Waals surface area contributed by atoms with Gasteiger partial charge in [-0.2, -0.15) is 4.98 Å². The van der Waals surface area contributed by atoms with Crippen molar-refractivity contribution in [1.29, 1.82) is 0 Å². The Labute approximate surface area is 166 Å². The normalized spacial score (nSPS) is 17.0. The van der Waals surface area contributed by atoms with Crippen LogP contribution in [0.3, 0.4) is 0 Å². The zero-order chi connectivity index (χ0) is 19.1. The largest absolute Gasteiger partial charge is 0.361 e. The molecule has 3 heterocycles. The molecule has 6 nitrogen and oxygen atoms in total. The SMILES string of the molecule is O=C1CC(c2noc(-c3ccc4cc[nH]c4c3)n2)CN1Cc1ccc(Cl)cc1. The minimum Gasteiger partial charge on any atom is -0.361 e. The van der Waals surface area contributed by atoms with Crippen molar-refractivity contribution in [3.8, 4) is 11.5 Å². The third kappa shape index (κ3) is 3.16. The Morgan fingerprint density at radius 1 is 1.18 bits per heavy atom. The van der Waals surface area contributed by atoms with Gasteiger partial charge < -0.3 is 14.4 Å². The first-order valence-electron chi connectivity index (χ1n) is 9.09. The standard InChI is InChI=1S/C21H17ClN4O2/c22-17-5-1-13(2-6-17)11-26-12-16(10-19(26)27)20-24-21(28-25-20)15-4-3-14-7-8-23-18(14)9-15/h1-9,16,23H,10-12H2. The number of nitrogens with one attached hydrogen (secondary N) is 1. The van der Waals surface area contributed by atoms with Crippen molar-refractivity contribution < 1.29 is 9.32 Å². The van der Waals surface area contributed by atoms with Crippen LogP contribution in [0.1, 0.15) is 23.7 Å². The third-order valence-electron chi connectivity index (χ3n) is 5.11. The highest BCUT2D eigenvalue weighted by Crippen LogP contribution is 2.30. The fraction of sp³-hybridized carbons (Fsp3) is 0.190. The number of halogens is 1. The molecule has 0 radical (unpaired) electrons. The Kier molecular flexibility index (Phi) is 4.13. The summed E-state index contributed by atoms with van der Waals surface area (Å²) in [7, 11) is 0. The highest BCUT2D eigenvalue weighted by Gasteiger charge is 2.33. The molecule has 1 saturated heterocycles. The van der Waals surface area contributed by atoms with Gasteiger partial charge in [-0.3, -0.25) is 4.79 Å². The molecule has 0 aliphatic carbocycles. The maximum absolute atomic E-state index is 12.4. The number of rotatable bonds is 4. The number of aromatic amines is 1. The number of hydrogen-bond acceptors (Lipinski definition) is 4. The predicted molar refractivity (Wildman–Crippen MR) is 106 cm³/mol. The van der Waals surface area contributed by atoms with Crippen molar-refractivity contribution in [3.63, 3.8) is 0 Å². The zero-order valence-electron chi connectivity index (χ0n) is 14.9. The van der Waals surface area contributed by atoms with Crippen molar-refractivity contribution in [2.24, 2.45) is 0 Å². The quantitative estimate of drug-likeness (QED) is 0.559. The number of likely N-dealkylation sites (tertiary alicyclic amines) is 1. The van der Waals surface area contributed by atoms with E-state index in [9.17, 15) is 4.79 Å². The second-order valence-corrected chi connectivity index (χ2v) is 7.48. The highest BCUT2D eigenvalue weighted by atomic mass is 35.5. The topological polar surface area (TPSA) is 75.0 Å². The molecule has 1 N–H and O–H groups in total. The summed E-state index contributed by atoms with van der Waals surface area (Å²) in [5, 5.41) is 5.95. The van der Waals surface area contributed by atoms with Crippen LogP contribution in [0, 0.1) is 0 Å². The Bertz CT molecular complexity index is 1150. The second kappa shape index (κ2) is 6.80. The second-order valence-electron chi connectivity index (χ2n) is 7.04. The summed E-state index contributed by atoms with van der Waals surface area (Å²) in [6, 6.07) is 15.5. The number of hydrogen-bond donors (Lipinski definition) is 1. The lowest BCUT2D eigenvalue weighted by atomic mass is 10.1. The number of carbonyl (C=O) groups excluding carboxylic acids is 1. The minimum atomic E-state index is -0.0634. The van der Waals surface area contributed by atoms with E-state index < -0.39 is 0 Å². The maximum Gasteiger partial charge on any atom is 0.258 e. The highest BCUT2D eigenvalue weighted by molar-refractivity contribution is 6.30. The van der Waals surface area contributed by atoms with Gasteiger partial charge in [0.15, 0.2) is 5.82 Å². The van der Waals surface area contributed by atoms with Crippen molar-refractivity contribution >= 4 is 28.4 Å². The Balaban J connectivity index is 1.33. The molecule has 1 amide bonds. The third-order valence-corrected chi connectivity index (χ3v) is 5.36. The lowest BCUT2D eigenvalue weighted by Crippen LogP contribution is -2.24. The van der Waals surface area contributed by atoms with Gasteiger partial charge in [0.05, 0.1) is 0 Å². The molecule has 5 rings (SSSR count). The van der Waals surface area contributed by atoms with Crippen molar-refractivity contribution in [2.75, 3.05) is 6.54 Å². The number of aromatic nitrogens is 3. The van der Waals surface area contributed by atoms with Crippen molar-refractivity contribution in [3.05, 3.63) is 71.1 Å². The molecular formula is C21H17ClN4O2. The lowest BCUT2D eigenvalue weighted by Gasteiger charge is -2.16. The van der Waals surface area contributed by atoms with Crippen LogP contribution in [0.25, 0.3) is 22.4 Å². The van der Waals surface area contributed by atoms with E-state index >= 15 is 0 Å². The molecule has 1 atom stereocenters. The van der Waals surface area contributed by atoms with Crippen molar-refractivity contribution in [2.45, 2.75) is 18.9 Å². The first-order valence-corrected chi connectivity index (χ1v) is 9.47. The molecule has 1 fully saturated rings. The van der Waals surface area contributed by atoms with Crippen molar-refractivity contribution in [1.82, 2.24) is 20.0 Å². The van der Waals surface area contributed by atoms with E-state index in [0.29, 0.717) is 36.2 Å². The summed E-state index contributed by atoms with van der Waals surface area (Å²) in [6.07, 6.45) is 2.29. The number of fused-ring (bicyclic) bond motifs is 1. The number of benzene rings is 2. The van der Waals surface area contributed by atoms with E-state index in [0.717, 1.165) is 22.0 Å². The summed E-state index contributed by atoms with van der Waals surface area (Å²) in [4.78, 5) is 22.0. The molecule has 2 aromatic heterocycles. The van der Waals surface area contributed by atoms with Crippen LogP contribution in [-0.2, 0) is 11.3 Å². The molecule has 0 spiro atoms. The van der Waals surface area contributed by atoms with Crippen LogP contribution >= 0.6 is 11.6 Å². The van der Waals surface area contributed by atoms with E-state index in [1.807, 2.05) is 59.6 Å².